The SMILES string of the molecule is OCc1ccccc1Sc1ccccc1CNC(=S)Nc1cc(Cl)cc(Cl)c1. The molecule has 7 heteroatoms. The molecule has 3 aromatic rings. The lowest BCUT2D eigenvalue weighted by Gasteiger charge is -2.14. The molecule has 0 aliphatic rings. The van der Waals surface area contributed by atoms with Crippen molar-refractivity contribution in [3.8, 4) is 0 Å². The Kier molecular flexibility index (Phi) is 7.59. The number of hydrogen-bond donors (Lipinski definition) is 3. The highest BCUT2D eigenvalue weighted by molar-refractivity contribution is 7.99. The molecule has 0 spiro atoms. The van der Waals surface area contributed by atoms with E-state index >= 15 is 0 Å². The normalized spacial score (nSPS) is 10.5. The smallest absolute Gasteiger partial charge is 0.171 e. The van der Waals surface area contributed by atoms with Crippen molar-refractivity contribution in [2.75, 3.05) is 5.32 Å². The third-order valence-corrected chi connectivity index (χ3v) is 5.81. The number of aliphatic hydroxyl groups excluding tert-OH is 1. The van der Waals surface area contributed by atoms with Crippen LogP contribution in [0.25, 0.3) is 0 Å². The molecule has 0 aromatic heterocycles. The van der Waals surface area contributed by atoms with Crippen LogP contribution in [0.2, 0.25) is 10.0 Å². The molecule has 0 bridgehead atoms. The summed E-state index contributed by atoms with van der Waals surface area (Å²) in [5.41, 5.74) is 2.74. The number of halogens is 2. The molecule has 0 unspecified atom stereocenters. The molecule has 3 aromatic carbocycles. The first-order chi connectivity index (χ1) is 13.5. The summed E-state index contributed by atoms with van der Waals surface area (Å²) >= 11 is 19.1. The average molecular weight is 449 g/mol. The summed E-state index contributed by atoms with van der Waals surface area (Å²) in [4.78, 5) is 2.14. The summed E-state index contributed by atoms with van der Waals surface area (Å²) in [6, 6.07) is 21.1. The predicted octanol–water partition coefficient (Wildman–Crippen LogP) is 6.12. The van der Waals surface area contributed by atoms with E-state index in [0.717, 1.165) is 26.6 Å². The molecular formula is C21H18Cl2N2OS2. The van der Waals surface area contributed by atoms with E-state index < -0.39 is 0 Å². The summed E-state index contributed by atoms with van der Waals surface area (Å²) in [6.45, 7) is 0.574. The van der Waals surface area contributed by atoms with Crippen molar-refractivity contribution in [2.45, 2.75) is 22.9 Å². The highest BCUT2D eigenvalue weighted by atomic mass is 35.5. The van der Waals surface area contributed by atoms with Crippen LogP contribution in [0.1, 0.15) is 11.1 Å². The quantitative estimate of drug-likeness (QED) is 0.396. The van der Waals surface area contributed by atoms with Crippen molar-refractivity contribution in [3.63, 3.8) is 0 Å². The summed E-state index contributed by atoms with van der Waals surface area (Å²) < 4.78 is 0. The Bertz CT molecular complexity index is 962. The zero-order valence-electron chi connectivity index (χ0n) is 14.8. The minimum Gasteiger partial charge on any atom is -0.392 e. The Balaban J connectivity index is 1.67. The fourth-order valence-electron chi connectivity index (χ4n) is 2.58. The van der Waals surface area contributed by atoms with Gasteiger partial charge in [0.05, 0.1) is 6.61 Å². The summed E-state index contributed by atoms with van der Waals surface area (Å²) in [7, 11) is 0. The highest BCUT2D eigenvalue weighted by Crippen LogP contribution is 2.33. The molecule has 28 heavy (non-hydrogen) atoms. The maximum atomic E-state index is 9.55. The van der Waals surface area contributed by atoms with E-state index in [4.69, 9.17) is 35.4 Å². The van der Waals surface area contributed by atoms with Crippen molar-refractivity contribution < 1.29 is 5.11 Å². The maximum Gasteiger partial charge on any atom is 0.171 e. The van der Waals surface area contributed by atoms with Gasteiger partial charge in [0.15, 0.2) is 5.11 Å². The van der Waals surface area contributed by atoms with Crippen molar-refractivity contribution >= 4 is 58.0 Å². The van der Waals surface area contributed by atoms with Crippen LogP contribution in [0.4, 0.5) is 5.69 Å². The van der Waals surface area contributed by atoms with E-state index in [1.807, 2.05) is 36.4 Å². The van der Waals surface area contributed by atoms with Gasteiger partial charge in [0.25, 0.3) is 0 Å². The van der Waals surface area contributed by atoms with E-state index in [1.165, 1.54) is 0 Å². The topological polar surface area (TPSA) is 44.3 Å². The van der Waals surface area contributed by atoms with Crippen LogP contribution in [-0.2, 0) is 13.2 Å². The molecule has 0 fully saturated rings. The molecule has 3 N–H and O–H groups in total. The van der Waals surface area contributed by atoms with E-state index in [1.54, 1.807) is 30.0 Å². The molecular weight excluding hydrogens is 431 g/mol. The molecule has 0 aliphatic heterocycles. The van der Waals surface area contributed by atoms with Crippen molar-refractivity contribution in [1.29, 1.82) is 0 Å². The van der Waals surface area contributed by atoms with Crippen LogP contribution in [-0.4, -0.2) is 10.2 Å². The number of anilines is 1. The van der Waals surface area contributed by atoms with Crippen LogP contribution in [0, 0.1) is 0 Å². The second-order valence-corrected chi connectivity index (χ2v) is 8.31. The average Bonchev–Trinajstić information content (AvgIpc) is 2.67. The first kappa shape index (κ1) is 21.0. The molecule has 0 amide bonds. The number of benzene rings is 3. The van der Waals surface area contributed by atoms with Gasteiger partial charge >= 0.3 is 0 Å². The molecule has 0 aliphatic carbocycles. The molecule has 3 nitrogen and oxygen atoms in total. The number of thiocarbonyl (C=S) groups is 1. The molecule has 144 valence electrons. The predicted molar refractivity (Wildman–Crippen MR) is 122 cm³/mol. The molecule has 0 saturated carbocycles. The Hall–Kier alpha value is -1.76. The third-order valence-electron chi connectivity index (χ3n) is 3.90. The molecule has 0 heterocycles. The van der Waals surface area contributed by atoms with Crippen LogP contribution >= 0.6 is 47.2 Å². The maximum absolute atomic E-state index is 9.55. The van der Waals surface area contributed by atoms with Gasteiger partial charge in [-0.1, -0.05) is 71.4 Å². The van der Waals surface area contributed by atoms with Crippen molar-refractivity contribution in [1.82, 2.24) is 5.32 Å². The Morgan fingerprint density at radius 2 is 1.46 bits per heavy atom. The molecule has 0 saturated heterocycles. The van der Waals surface area contributed by atoms with E-state index in [-0.39, 0.29) is 6.61 Å². The van der Waals surface area contributed by atoms with Crippen molar-refractivity contribution in [3.05, 3.63) is 87.9 Å². The monoisotopic (exact) mass is 448 g/mol. The lowest BCUT2D eigenvalue weighted by molar-refractivity contribution is 0.279. The number of aliphatic hydroxyl groups is 1. The molecule has 0 radical (unpaired) electrons. The Labute approximate surface area is 184 Å². The molecule has 0 atom stereocenters. The molecule has 3 rings (SSSR count). The standard InChI is InChI=1S/C21H18Cl2N2OS2/c22-16-9-17(23)11-18(10-16)25-21(27)24-12-14-5-1-3-7-19(14)28-20-8-4-2-6-15(20)13-26/h1-11,26H,12-13H2,(H2,24,25,27). The van der Waals surface area contributed by atoms with Gasteiger partial charge in [0.2, 0.25) is 0 Å². The van der Waals surface area contributed by atoms with Gasteiger partial charge in [-0.3, -0.25) is 0 Å². The van der Waals surface area contributed by atoms with Gasteiger partial charge in [0, 0.05) is 32.1 Å². The summed E-state index contributed by atoms with van der Waals surface area (Å²) in [6.07, 6.45) is 0. The number of nitrogens with one attached hydrogen (secondary N) is 2. The van der Waals surface area contributed by atoms with Gasteiger partial charge in [-0.2, -0.15) is 0 Å². The minimum atomic E-state index is 0.0137. The van der Waals surface area contributed by atoms with Gasteiger partial charge in [-0.15, -0.1) is 0 Å². The fraction of sp³-hybridized carbons (Fsp3) is 0.0952. The van der Waals surface area contributed by atoms with Gasteiger partial charge in [0.1, 0.15) is 0 Å². The number of rotatable bonds is 6. The van der Waals surface area contributed by atoms with Crippen LogP contribution < -0.4 is 10.6 Å². The highest BCUT2D eigenvalue weighted by Gasteiger charge is 2.08. The van der Waals surface area contributed by atoms with Crippen molar-refractivity contribution in [2.24, 2.45) is 0 Å². The van der Waals surface area contributed by atoms with E-state index in [2.05, 4.69) is 22.8 Å². The van der Waals surface area contributed by atoms with E-state index in [9.17, 15) is 5.11 Å². The summed E-state index contributed by atoms with van der Waals surface area (Å²) in [5.74, 6) is 0. The lowest BCUT2D eigenvalue weighted by Crippen LogP contribution is -2.28. The minimum absolute atomic E-state index is 0.0137. The zero-order chi connectivity index (χ0) is 19.9. The first-order valence-electron chi connectivity index (χ1n) is 8.50. The summed E-state index contributed by atoms with van der Waals surface area (Å²) in [5, 5.41) is 17.4. The fourth-order valence-corrected chi connectivity index (χ4v) is 4.36. The third kappa shape index (κ3) is 5.87. The Morgan fingerprint density at radius 3 is 2.11 bits per heavy atom. The lowest BCUT2D eigenvalue weighted by atomic mass is 10.2. The second-order valence-electron chi connectivity index (χ2n) is 5.94. The van der Waals surface area contributed by atoms with Crippen LogP contribution in [0.5, 0.6) is 0 Å². The first-order valence-corrected chi connectivity index (χ1v) is 10.5. The second kappa shape index (κ2) is 10.1. The van der Waals surface area contributed by atoms with Crippen LogP contribution in [0.3, 0.4) is 0 Å². The van der Waals surface area contributed by atoms with Gasteiger partial charge in [-0.25, -0.2) is 0 Å². The van der Waals surface area contributed by atoms with Crippen LogP contribution in [0.15, 0.2) is 76.5 Å². The largest absolute Gasteiger partial charge is 0.392 e. The van der Waals surface area contributed by atoms with Gasteiger partial charge < -0.3 is 15.7 Å². The van der Waals surface area contributed by atoms with Gasteiger partial charge in [-0.05, 0) is 53.7 Å². The zero-order valence-corrected chi connectivity index (χ0v) is 17.9. The Morgan fingerprint density at radius 1 is 0.893 bits per heavy atom. The number of hydrogen-bond acceptors (Lipinski definition) is 3. The van der Waals surface area contributed by atoms with E-state index in [0.29, 0.717) is 21.7 Å².